The van der Waals surface area contributed by atoms with Crippen molar-refractivity contribution in [2.75, 3.05) is 0 Å². The average Bonchev–Trinajstić information content (AvgIpc) is 2.13. The number of rotatable bonds is 3. The van der Waals surface area contributed by atoms with E-state index < -0.39 is 21.3 Å². The van der Waals surface area contributed by atoms with Crippen LogP contribution in [0.1, 0.15) is 51.9 Å². The van der Waals surface area contributed by atoms with E-state index in [1.807, 2.05) is 0 Å². The molecule has 0 N–H and O–H groups in total. The maximum atomic E-state index is 11.7. The summed E-state index contributed by atoms with van der Waals surface area (Å²) in [5, 5.41) is -0.535. The van der Waals surface area contributed by atoms with Crippen LogP contribution in [0, 0.1) is 0 Å². The van der Waals surface area contributed by atoms with E-state index in [9.17, 15) is 13.2 Å². The molecular weight excluding hydrogens is 232 g/mol. The van der Waals surface area contributed by atoms with Crippen LogP contribution in [0.15, 0.2) is 0 Å². The van der Waals surface area contributed by atoms with Gasteiger partial charge in [0.2, 0.25) is 0 Å². The van der Waals surface area contributed by atoms with Crippen LogP contribution < -0.4 is 0 Å². The molecule has 0 radical (unpaired) electrons. The van der Waals surface area contributed by atoms with Crippen molar-refractivity contribution in [2.24, 2.45) is 0 Å². The Morgan fingerprint density at radius 2 is 1.56 bits per heavy atom. The first-order valence-electron chi connectivity index (χ1n) is 5.63. The highest BCUT2D eigenvalue weighted by Crippen LogP contribution is 2.23. The molecule has 1 aliphatic carbocycles. The molecule has 0 amide bonds. The molecule has 94 valence electrons. The van der Waals surface area contributed by atoms with Gasteiger partial charge < -0.3 is 0 Å². The minimum Gasteiger partial charge on any atom is -0.282 e. The summed E-state index contributed by atoms with van der Waals surface area (Å²) in [7, 11) is -3.76. The number of hydrogen-bond donors (Lipinski definition) is 0. The van der Waals surface area contributed by atoms with Gasteiger partial charge >= 0.3 is 16.1 Å². The predicted molar refractivity (Wildman–Crippen MR) is 57.9 cm³/mol. The third kappa shape index (κ3) is 4.49. The van der Waals surface area contributed by atoms with Crippen molar-refractivity contribution >= 4 is 16.1 Å². The molecular formula is C10H18O5S. The smallest absolute Gasteiger partial charge is 0.282 e. The van der Waals surface area contributed by atoms with E-state index in [0.29, 0.717) is 12.8 Å². The van der Waals surface area contributed by atoms with Crippen LogP contribution >= 0.6 is 0 Å². The molecule has 0 spiro atoms. The summed E-state index contributed by atoms with van der Waals surface area (Å²) in [6.07, 6.45) is 6.21. The van der Waals surface area contributed by atoms with Gasteiger partial charge in [0.15, 0.2) is 0 Å². The second-order valence-corrected chi connectivity index (χ2v) is 5.89. The zero-order valence-electron chi connectivity index (χ0n) is 9.48. The van der Waals surface area contributed by atoms with Gasteiger partial charge in [-0.25, -0.2) is 4.79 Å². The summed E-state index contributed by atoms with van der Waals surface area (Å²) in [6, 6.07) is 0. The van der Waals surface area contributed by atoms with Crippen molar-refractivity contribution in [1.29, 1.82) is 0 Å². The minimum absolute atomic E-state index is 0.535. The van der Waals surface area contributed by atoms with Crippen molar-refractivity contribution in [1.82, 2.24) is 0 Å². The SMILES string of the molecule is CC(=O)OOS(=O)(=O)C1CCCCCCC1. The largest absolute Gasteiger partial charge is 0.340 e. The molecule has 0 atom stereocenters. The van der Waals surface area contributed by atoms with E-state index in [0.717, 1.165) is 39.0 Å². The molecule has 0 bridgehead atoms. The van der Waals surface area contributed by atoms with Crippen LogP contribution in [0.3, 0.4) is 0 Å². The van der Waals surface area contributed by atoms with E-state index in [2.05, 4.69) is 9.22 Å². The number of carbonyl (C=O) groups is 1. The van der Waals surface area contributed by atoms with Gasteiger partial charge in [-0.1, -0.05) is 36.4 Å². The van der Waals surface area contributed by atoms with Gasteiger partial charge in [-0.15, -0.1) is 0 Å². The zero-order chi connectivity index (χ0) is 12.0. The molecule has 0 aromatic heterocycles. The summed E-state index contributed by atoms with van der Waals surface area (Å²) in [6.45, 7) is 1.10. The van der Waals surface area contributed by atoms with Gasteiger partial charge in [0.05, 0.1) is 5.25 Å². The Morgan fingerprint density at radius 3 is 2.06 bits per heavy atom. The first-order chi connectivity index (χ1) is 7.52. The molecule has 0 saturated heterocycles. The van der Waals surface area contributed by atoms with Crippen molar-refractivity contribution < 1.29 is 22.4 Å². The summed E-state index contributed by atoms with van der Waals surface area (Å²) in [4.78, 5) is 14.6. The fourth-order valence-electron chi connectivity index (χ4n) is 1.86. The average molecular weight is 250 g/mol. The zero-order valence-corrected chi connectivity index (χ0v) is 10.3. The standard InChI is InChI=1S/C10H18O5S/c1-9(11)14-15-16(12,13)10-7-5-3-2-4-6-8-10/h10H,2-8H2,1H3. The van der Waals surface area contributed by atoms with Crippen LogP contribution in [0.4, 0.5) is 0 Å². The fourth-order valence-corrected chi connectivity index (χ4v) is 3.07. The van der Waals surface area contributed by atoms with Gasteiger partial charge in [-0.2, -0.15) is 8.42 Å². The second kappa shape index (κ2) is 6.20. The van der Waals surface area contributed by atoms with E-state index in [-0.39, 0.29) is 0 Å². The molecule has 6 heteroatoms. The Hall–Kier alpha value is -0.620. The highest BCUT2D eigenvalue weighted by Gasteiger charge is 2.28. The van der Waals surface area contributed by atoms with E-state index in [1.165, 1.54) is 0 Å². The van der Waals surface area contributed by atoms with Gasteiger partial charge in [-0.3, -0.25) is 4.89 Å². The quantitative estimate of drug-likeness (QED) is 0.565. The molecule has 1 rings (SSSR count). The molecule has 0 aromatic rings. The molecule has 16 heavy (non-hydrogen) atoms. The minimum atomic E-state index is -3.76. The Morgan fingerprint density at radius 1 is 1.06 bits per heavy atom. The molecule has 0 heterocycles. The Labute approximate surface area is 96.2 Å². The van der Waals surface area contributed by atoms with E-state index >= 15 is 0 Å². The summed E-state index contributed by atoms with van der Waals surface area (Å²) >= 11 is 0. The lowest BCUT2D eigenvalue weighted by molar-refractivity contribution is -0.208. The highest BCUT2D eigenvalue weighted by molar-refractivity contribution is 7.87. The maximum absolute atomic E-state index is 11.7. The second-order valence-electron chi connectivity index (χ2n) is 4.10. The van der Waals surface area contributed by atoms with Gasteiger partial charge in [0.25, 0.3) is 0 Å². The Balaban J connectivity index is 2.54. The monoisotopic (exact) mass is 250 g/mol. The maximum Gasteiger partial charge on any atom is 0.340 e. The lowest BCUT2D eigenvalue weighted by atomic mass is 10.0. The molecule has 1 aliphatic rings. The molecule has 1 saturated carbocycles. The fraction of sp³-hybridized carbons (Fsp3) is 0.900. The number of hydrogen-bond acceptors (Lipinski definition) is 5. The third-order valence-electron chi connectivity index (χ3n) is 2.71. The molecule has 0 unspecified atom stereocenters. The molecule has 1 fully saturated rings. The van der Waals surface area contributed by atoms with Gasteiger partial charge in [-0.05, 0) is 12.8 Å². The van der Waals surface area contributed by atoms with Crippen molar-refractivity contribution in [3.05, 3.63) is 0 Å². The van der Waals surface area contributed by atoms with Gasteiger partial charge in [0.1, 0.15) is 0 Å². The van der Waals surface area contributed by atoms with Crippen LogP contribution in [-0.4, -0.2) is 19.6 Å². The van der Waals surface area contributed by atoms with Crippen molar-refractivity contribution in [3.8, 4) is 0 Å². The van der Waals surface area contributed by atoms with E-state index in [1.54, 1.807) is 0 Å². The molecule has 5 nitrogen and oxygen atoms in total. The van der Waals surface area contributed by atoms with Gasteiger partial charge in [0, 0.05) is 6.92 Å². The van der Waals surface area contributed by atoms with E-state index in [4.69, 9.17) is 0 Å². The Bertz CT molecular complexity index is 314. The summed E-state index contributed by atoms with van der Waals surface area (Å²) < 4.78 is 27.6. The predicted octanol–water partition coefficient (Wildman–Crippen LogP) is 1.92. The highest BCUT2D eigenvalue weighted by atomic mass is 32.2. The lowest BCUT2D eigenvalue weighted by Crippen LogP contribution is -2.25. The van der Waals surface area contributed by atoms with Crippen LogP contribution in [0.5, 0.6) is 0 Å². The van der Waals surface area contributed by atoms with Crippen LogP contribution in [-0.2, 0) is 24.1 Å². The van der Waals surface area contributed by atoms with Crippen LogP contribution in [0.25, 0.3) is 0 Å². The topological polar surface area (TPSA) is 69.7 Å². The lowest BCUT2D eigenvalue weighted by Gasteiger charge is -2.18. The first-order valence-corrected chi connectivity index (χ1v) is 7.10. The third-order valence-corrected chi connectivity index (χ3v) is 4.25. The molecule has 0 aliphatic heterocycles. The summed E-state index contributed by atoms with van der Waals surface area (Å²) in [5.74, 6) is -0.755. The first kappa shape index (κ1) is 13.4. The van der Waals surface area contributed by atoms with Crippen LogP contribution in [0.2, 0.25) is 0 Å². The van der Waals surface area contributed by atoms with Crippen molar-refractivity contribution in [3.63, 3.8) is 0 Å². The van der Waals surface area contributed by atoms with Crippen molar-refractivity contribution in [2.45, 2.75) is 57.1 Å². The molecule has 0 aromatic carbocycles. The summed E-state index contributed by atoms with van der Waals surface area (Å²) in [5.41, 5.74) is 0. The number of carbonyl (C=O) groups excluding carboxylic acids is 1. The Kier molecular flexibility index (Phi) is 5.21. The normalized spacial score (nSPS) is 19.8.